The highest BCUT2D eigenvalue weighted by Crippen LogP contribution is 2.27. The van der Waals surface area contributed by atoms with Crippen LogP contribution in [0.5, 0.6) is 11.5 Å². The van der Waals surface area contributed by atoms with Gasteiger partial charge in [-0.3, -0.25) is 9.20 Å². The van der Waals surface area contributed by atoms with Gasteiger partial charge in [0.15, 0.2) is 11.5 Å². The van der Waals surface area contributed by atoms with Crippen LogP contribution in [-0.4, -0.2) is 33.7 Å². The Bertz CT molecular complexity index is 976. The third kappa shape index (κ3) is 3.16. The molecule has 3 aromatic rings. The Morgan fingerprint density at radius 2 is 2.12 bits per heavy atom. The van der Waals surface area contributed by atoms with Crippen molar-refractivity contribution in [3.8, 4) is 11.5 Å². The molecule has 7 heteroatoms. The number of aryl methyl sites for hydroxylation is 2. The van der Waals surface area contributed by atoms with Gasteiger partial charge in [-0.25, -0.2) is 10.4 Å². The highest BCUT2D eigenvalue weighted by molar-refractivity contribution is 5.95. The number of carbonyl (C=O) groups is 1. The molecular weight excluding hydrogens is 320 g/mol. The molecule has 7 nitrogen and oxygen atoms in total. The summed E-state index contributed by atoms with van der Waals surface area (Å²) >= 11 is 0. The number of nitrogens with zero attached hydrogens (tertiary/aromatic N) is 3. The zero-order chi connectivity index (χ0) is 18.0. The van der Waals surface area contributed by atoms with Gasteiger partial charge in [0, 0.05) is 11.8 Å². The summed E-state index contributed by atoms with van der Waals surface area (Å²) < 4.78 is 6.77. The molecule has 1 amide bonds. The number of benzene rings is 1. The maximum atomic E-state index is 12.5. The molecule has 25 heavy (non-hydrogen) atoms. The average molecular weight is 338 g/mol. The second-order valence-electron chi connectivity index (χ2n) is 5.58. The number of fused-ring (bicyclic) bond motifs is 1. The SMILES string of the molecule is COc1cccc(/C=N\NC(=O)c2c(C)nc3ccc(C)cn23)c1O. The van der Waals surface area contributed by atoms with Crippen molar-refractivity contribution in [1.82, 2.24) is 14.8 Å². The van der Waals surface area contributed by atoms with Crippen LogP contribution in [-0.2, 0) is 0 Å². The Balaban J connectivity index is 1.84. The van der Waals surface area contributed by atoms with Crippen molar-refractivity contribution in [3.05, 3.63) is 59.0 Å². The zero-order valence-electron chi connectivity index (χ0n) is 14.1. The molecule has 0 aliphatic carbocycles. The first kappa shape index (κ1) is 16.5. The molecular formula is C18H18N4O3. The number of aromatic hydroxyl groups is 1. The van der Waals surface area contributed by atoms with Crippen LogP contribution >= 0.6 is 0 Å². The lowest BCUT2D eigenvalue weighted by Crippen LogP contribution is -2.20. The maximum absolute atomic E-state index is 12.5. The number of rotatable bonds is 4. The van der Waals surface area contributed by atoms with E-state index in [4.69, 9.17) is 4.74 Å². The molecule has 2 aromatic heterocycles. The predicted octanol–water partition coefficient (Wildman–Crippen LogP) is 2.43. The molecule has 128 valence electrons. The number of phenols is 1. The van der Waals surface area contributed by atoms with Crippen molar-refractivity contribution in [2.45, 2.75) is 13.8 Å². The Morgan fingerprint density at radius 1 is 1.32 bits per heavy atom. The largest absolute Gasteiger partial charge is 0.504 e. The summed E-state index contributed by atoms with van der Waals surface area (Å²) in [4.78, 5) is 16.8. The third-order valence-electron chi connectivity index (χ3n) is 3.78. The second kappa shape index (κ2) is 6.64. The third-order valence-corrected chi connectivity index (χ3v) is 3.78. The maximum Gasteiger partial charge on any atom is 0.290 e. The van der Waals surface area contributed by atoms with Gasteiger partial charge in [-0.1, -0.05) is 12.1 Å². The van der Waals surface area contributed by atoms with Gasteiger partial charge in [0.1, 0.15) is 11.3 Å². The van der Waals surface area contributed by atoms with Gasteiger partial charge in [0.2, 0.25) is 0 Å². The minimum absolute atomic E-state index is 0.0374. The van der Waals surface area contributed by atoms with Crippen LogP contribution in [0.15, 0.2) is 41.6 Å². The highest BCUT2D eigenvalue weighted by atomic mass is 16.5. The van der Waals surface area contributed by atoms with Crippen molar-refractivity contribution < 1.29 is 14.6 Å². The normalized spacial score (nSPS) is 11.2. The van der Waals surface area contributed by atoms with Crippen molar-refractivity contribution in [1.29, 1.82) is 0 Å². The molecule has 1 aromatic carbocycles. The summed E-state index contributed by atoms with van der Waals surface area (Å²) in [6.07, 6.45) is 3.21. The van der Waals surface area contributed by atoms with E-state index in [9.17, 15) is 9.90 Å². The number of nitrogens with one attached hydrogen (secondary N) is 1. The van der Waals surface area contributed by atoms with Crippen LogP contribution in [0.2, 0.25) is 0 Å². The molecule has 0 saturated heterocycles. The average Bonchev–Trinajstić information content (AvgIpc) is 2.91. The van der Waals surface area contributed by atoms with Crippen LogP contribution < -0.4 is 10.2 Å². The minimum Gasteiger partial charge on any atom is -0.504 e. The molecule has 0 bridgehead atoms. The molecule has 0 saturated carbocycles. The molecule has 0 aliphatic rings. The number of para-hydroxylation sites is 1. The fraction of sp³-hybridized carbons (Fsp3) is 0.167. The molecule has 0 atom stereocenters. The topological polar surface area (TPSA) is 88.2 Å². The van der Waals surface area contributed by atoms with Crippen LogP contribution in [0.4, 0.5) is 0 Å². The summed E-state index contributed by atoms with van der Waals surface area (Å²) in [6.45, 7) is 3.72. The number of phenolic OH excluding ortho intramolecular Hbond substituents is 1. The van der Waals surface area contributed by atoms with E-state index in [1.165, 1.54) is 13.3 Å². The standard InChI is InChI=1S/C18H18N4O3/c1-11-7-8-15-20-12(2)16(22(15)10-11)18(24)21-19-9-13-5-4-6-14(25-3)17(13)23/h4-10,23H,1-3H3,(H,21,24)/b19-9-. The van der Waals surface area contributed by atoms with E-state index in [1.54, 1.807) is 29.5 Å². The smallest absolute Gasteiger partial charge is 0.290 e. The summed E-state index contributed by atoms with van der Waals surface area (Å²) in [5.74, 6) is -0.0813. The second-order valence-corrected chi connectivity index (χ2v) is 5.58. The lowest BCUT2D eigenvalue weighted by Gasteiger charge is -2.05. The van der Waals surface area contributed by atoms with Gasteiger partial charge in [-0.2, -0.15) is 5.10 Å². The van der Waals surface area contributed by atoms with Crippen molar-refractivity contribution in [2.75, 3.05) is 7.11 Å². The summed E-state index contributed by atoms with van der Waals surface area (Å²) in [6, 6.07) is 8.81. The van der Waals surface area contributed by atoms with Gasteiger partial charge in [-0.15, -0.1) is 0 Å². The molecule has 2 heterocycles. The fourth-order valence-corrected chi connectivity index (χ4v) is 2.56. The number of hydrazone groups is 1. The Kier molecular flexibility index (Phi) is 4.38. The number of methoxy groups -OCH3 is 1. The molecule has 0 fully saturated rings. The molecule has 0 unspecified atom stereocenters. The Hall–Kier alpha value is -3.35. The first-order chi connectivity index (χ1) is 12.0. The quantitative estimate of drug-likeness (QED) is 0.565. The number of carbonyl (C=O) groups excluding carboxylic acids is 1. The zero-order valence-corrected chi connectivity index (χ0v) is 14.1. The first-order valence-electron chi connectivity index (χ1n) is 7.66. The van der Waals surface area contributed by atoms with Crippen LogP contribution in [0.25, 0.3) is 5.65 Å². The van der Waals surface area contributed by atoms with Gasteiger partial charge < -0.3 is 9.84 Å². The van der Waals surface area contributed by atoms with Crippen LogP contribution in [0.3, 0.4) is 0 Å². The molecule has 0 spiro atoms. The Labute approximate surface area is 144 Å². The van der Waals surface area contributed by atoms with Gasteiger partial charge >= 0.3 is 0 Å². The lowest BCUT2D eigenvalue weighted by atomic mass is 10.2. The van der Waals surface area contributed by atoms with E-state index in [-0.39, 0.29) is 11.7 Å². The van der Waals surface area contributed by atoms with Gasteiger partial charge in [0.25, 0.3) is 5.91 Å². The number of hydrogen-bond donors (Lipinski definition) is 2. The number of amides is 1. The molecule has 0 aliphatic heterocycles. The molecule has 0 radical (unpaired) electrons. The van der Waals surface area contributed by atoms with E-state index in [2.05, 4.69) is 15.5 Å². The lowest BCUT2D eigenvalue weighted by molar-refractivity contribution is 0.0948. The van der Waals surface area contributed by atoms with Gasteiger partial charge in [0.05, 0.1) is 19.0 Å². The van der Waals surface area contributed by atoms with Crippen molar-refractivity contribution in [2.24, 2.45) is 5.10 Å². The first-order valence-corrected chi connectivity index (χ1v) is 7.66. The van der Waals surface area contributed by atoms with Crippen LogP contribution in [0, 0.1) is 13.8 Å². The number of hydrogen-bond acceptors (Lipinski definition) is 5. The number of ether oxygens (including phenoxy) is 1. The van der Waals surface area contributed by atoms with Gasteiger partial charge in [-0.05, 0) is 37.6 Å². The minimum atomic E-state index is -0.380. The van der Waals surface area contributed by atoms with E-state index < -0.39 is 0 Å². The summed E-state index contributed by atoms with van der Waals surface area (Å²) in [7, 11) is 1.47. The number of pyridine rings is 1. The highest BCUT2D eigenvalue weighted by Gasteiger charge is 2.16. The van der Waals surface area contributed by atoms with E-state index in [1.807, 2.05) is 25.3 Å². The predicted molar refractivity (Wildman–Crippen MR) is 94.4 cm³/mol. The summed E-state index contributed by atoms with van der Waals surface area (Å²) in [5, 5.41) is 13.9. The Morgan fingerprint density at radius 3 is 2.88 bits per heavy atom. The van der Waals surface area contributed by atoms with E-state index >= 15 is 0 Å². The van der Waals surface area contributed by atoms with Crippen molar-refractivity contribution in [3.63, 3.8) is 0 Å². The fourth-order valence-electron chi connectivity index (χ4n) is 2.56. The number of imidazole rings is 1. The molecule has 3 rings (SSSR count). The van der Waals surface area contributed by atoms with Crippen molar-refractivity contribution >= 4 is 17.8 Å². The molecule has 2 N–H and O–H groups in total. The van der Waals surface area contributed by atoms with E-state index in [0.717, 1.165) is 5.56 Å². The summed E-state index contributed by atoms with van der Waals surface area (Å²) in [5.41, 5.74) is 5.65. The number of aromatic nitrogens is 2. The monoisotopic (exact) mass is 338 g/mol. The van der Waals surface area contributed by atoms with Crippen LogP contribution in [0.1, 0.15) is 27.3 Å². The van der Waals surface area contributed by atoms with E-state index in [0.29, 0.717) is 28.3 Å².